The number of aromatic nitrogens is 3. The summed E-state index contributed by atoms with van der Waals surface area (Å²) in [6.45, 7) is 1.85. The Hall–Kier alpha value is -3.39. The van der Waals surface area contributed by atoms with Gasteiger partial charge in [-0.3, -0.25) is 0 Å². The zero-order valence-corrected chi connectivity index (χ0v) is 16.5. The highest BCUT2D eigenvalue weighted by Gasteiger charge is 2.13. The van der Waals surface area contributed by atoms with Crippen molar-refractivity contribution in [3.05, 3.63) is 72.3 Å². The lowest BCUT2D eigenvalue weighted by molar-refractivity contribution is 0.602. The maximum Gasteiger partial charge on any atom is 0.175 e. The Labute approximate surface area is 167 Å². The third-order valence-electron chi connectivity index (χ3n) is 4.54. The van der Waals surface area contributed by atoms with Crippen molar-refractivity contribution in [2.24, 2.45) is 0 Å². The molecule has 0 aliphatic carbocycles. The predicted octanol–water partition coefficient (Wildman–Crippen LogP) is 4.29. The molecule has 1 N–H and O–H groups in total. The van der Waals surface area contributed by atoms with Crippen LogP contribution in [0.1, 0.15) is 5.56 Å². The van der Waals surface area contributed by atoms with E-state index < -0.39 is 15.7 Å². The SMILES string of the molecule is Cc1cc(S(C)(=O)=O)ccc1-c1nncc2cc(Nc3ccc(F)cn3)ccc12. The summed E-state index contributed by atoms with van der Waals surface area (Å²) >= 11 is 0. The van der Waals surface area contributed by atoms with E-state index in [2.05, 4.69) is 20.5 Å². The summed E-state index contributed by atoms with van der Waals surface area (Å²) in [5.41, 5.74) is 3.06. The summed E-state index contributed by atoms with van der Waals surface area (Å²) in [4.78, 5) is 4.26. The van der Waals surface area contributed by atoms with Crippen LogP contribution in [0.5, 0.6) is 0 Å². The average molecular weight is 408 g/mol. The Morgan fingerprint density at radius 2 is 1.83 bits per heavy atom. The van der Waals surface area contributed by atoms with Gasteiger partial charge in [0.25, 0.3) is 0 Å². The molecule has 0 spiro atoms. The number of benzene rings is 2. The average Bonchev–Trinajstić information content (AvgIpc) is 2.68. The molecule has 6 nitrogen and oxygen atoms in total. The summed E-state index contributed by atoms with van der Waals surface area (Å²) in [7, 11) is -3.28. The summed E-state index contributed by atoms with van der Waals surface area (Å²) in [6.07, 6.45) is 3.99. The highest BCUT2D eigenvalue weighted by atomic mass is 32.2. The minimum atomic E-state index is -3.28. The summed E-state index contributed by atoms with van der Waals surface area (Å²) in [5.74, 6) is 0.131. The molecule has 29 heavy (non-hydrogen) atoms. The second-order valence-corrected chi connectivity index (χ2v) is 8.75. The van der Waals surface area contributed by atoms with Crippen molar-refractivity contribution < 1.29 is 12.8 Å². The predicted molar refractivity (Wildman–Crippen MR) is 110 cm³/mol. The fourth-order valence-corrected chi connectivity index (χ4v) is 3.80. The highest BCUT2D eigenvalue weighted by Crippen LogP contribution is 2.31. The van der Waals surface area contributed by atoms with Crippen molar-refractivity contribution >= 4 is 32.1 Å². The molecule has 0 atom stereocenters. The van der Waals surface area contributed by atoms with Crippen molar-refractivity contribution in [2.75, 3.05) is 11.6 Å². The second-order valence-electron chi connectivity index (χ2n) is 6.73. The molecule has 0 saturated heterocycles. The van der Waals surface area contributed by atoms with E-state index in [1.807, 2.05) is 25.1 Å². The Bertz CT molecular complexity index is 1320. The number of rotatable bonds is 4. The van der Waals surface area contributed by atoms with E-state index in [4.69, 9.17) is 0 Å². The number of hydrogen-bond acceptors (Lipinski definition) is 6. The molecular formula is C21H17FN4O2S. The van der Waals surface area contributed by atoms with E-state index >= 15 is 0 Å². The molecule has 0 saturated carbocycles. The quantitative estimate of drug-likeness (QED) is 0.542. The molecule has 0 unspecified atom stereocenters. The van der Waals surface area contributed by atoms with Crippen molar-refractivity contribution in [3.63, 3.8) is 0 Å². The molecular weight excluding hydrogens is 391 g/mol. The van der Waals surface area contributed by atoms with E-state index in [1.54, 1.807) is 30.5 Å². The number of aryl methyl sites for hydroxylation is 1. The molecule has 0 fully saturated rings. The molecule has 2 aromatic carbocycles. The Kier molecular flexibility index (Phi) is 4.71. The molecule has 0 aliphatic rings. The van der Waals surface area contributed by atoms with Crippen LogP contribution in [0.4, 0.5) is 15.9 Å². The highest BCUT2D eigenvalue weighted by molar-refractivity contribution is 7.90. The third-order valence-corrected chi connectivity index (χ3v) is 5.65. The van der Waals surface area contributed by atoms with Gasteiger partial charge in [0.15, 0.2) is 9.84 Å². The van der Waals surface area contributed by atoms with Gasteiger partial charge in [0, 0.05) is 28.3 Å². The molecule has 4 aromatic rings. The van der Waals surface area contributed by atoms with E-state index in [-0.39, 0.29) is 4.90 Å². The summed E-state index contributed by atoms with van der Waals surface area (Å²) in [5, 5.41) is 13.2. The van der Waals surface area contributed by atoms with Gasteiger partial charge in [-0.1, -0.05) is 6.07 Å². The van der Waals surface area contributed by atoms with Crippen LogP contribution in [-0.4, -0.2) is 29.9 Å². The minimum absolute atomic E-state index is 0.269. The lowest BCUT2D eigenvalue weighted by Crippen LogP contribution is -1.99. The van der Waals surface area contributed by atoms with Gasteiger partial charge in [-0.25, -0.2) is 17.8 Å². The Balaban J connectivity index is 1.74. The molecule has 0 amide bonds. The fraction of sp³-hybridized carbons (Fsp3) is 0.0952. The Morgan fingerprint density at radius 1 is 1.00 bits per heavy atom. The van der Waals surface area contributed by atoms with Crippen LogP contribution in [0.25, 0.3) is 22.0 Å². The van der Waals surface area contributed by atoms with E-state index in [9.17, 15) is 12.8 Å². The van der Waals surface area contributed by atoms with Crippen molar-refractivity contribution in [1.82, 2.24) is 15.2 Å². The van der Waals surface area contributed by atoms with Gasteiger partial charge in [0.2, 0.25) is 0 Å². The molecule has 4 rings (SSSR count). The standard InChI is InChI=1S/C21H17FN4O2S/c1-13-9-17(29(2,27)28)5-7-18(13)21-19-6-4-16(10-14(19)11-24-26-21)25-20-8-3-15(22)12-23-20/h3-12H,1-2H3,(H,23,25). The number of nitrogens with one attached hydrogen (secondary N) is 1. The third kappa shape index (κ3) is 3.93. The molecule has 0 aliphatic heterocycles. The molecule has 2 aromatic heterocycles. The van der Waals surface area contributed by atoms with Crippen LogP contribution in [0.15, 0.2) is 65.8 Å². The molecule has 146 valence electrons. The monoisotopic (exact) mass is 408 g/mol. The van der Waals surface area contributed by atoms with Crippen LogP contribution in [0, 0.1) is 12.7 Å². The van der Waals surface area contributed by atoms with E-state index in [0.717, 1.165) is 33.8 Å². The minimum Gasteiger partial charge on any atom is -0.340 e. The van der Waals surface area contributed by atoms with Gasteiger partial charge >= 0.3 is 0 Å². The zero-order valence-electron chi connectivity index (χ0n) is 15.7. The topological polar surface area (TPSA) is 84.8 Å². The lowest BCUT2D eigenvalue weighted by atomic mass is 10.0. The van der Waals surface area contributed by atoms with Gasteiger partial charge in [0.1, 0.15) is 17.3 Å². The smallest absolute Gasteiger partial charge is 0.175 e. The molecule has 2 heterocycles. The summed E-state index contributed by atoms with van der Waals surface area (Å²) < 4.78 is 36.6. The normalized spacial score (nSPS) is 11.6. The van der Waals surface area contributed by atoms with Gasteiger partial charge in [0.05, 0.1) is 17.3 Å². The van der Waals surface area contributed by atoms with Crippen molar-refractivity contribution in [3.8, 4) is 11.3 Å². The number of hydrogen-bond donors (Lipinski definition) is 1. The van der Waals surface area contributed by atoms with E-state index in [1.165, 1.54) is 12.3 Å². The first-order valence-corrected chi connectivity index (χ1v) is 10.7. The van der Waals surface area contributed by atoms with Gasteiger partial charge < -0.3 is 5.32 Å². The zero-order chi connectivity index (χ0) is 20.6. The van der Waals surface area contributed by atoms with Crippen LogP contribution in [-0.2, 0) is 9.84 Å². The Morgan fingerprint density at radius 3 is 2.52 bits per heavy atom. The number of halogens is 1. The number of nitrogens with zero attached hydrogens (tertiary/aromatic N) is 3. The summed E-state index contributed by atoms with van der Waals surface area (Å²) in [6, 6.07) is 13.6. The molecule has 8 heteroatoms. The largest absolute Gasteiger partial charge is 0.340 e. The van der Waals surface area contributed by atoms with Gasteiger partial charge in [-0.05, 0) is 55.0 Å². The van der Waals surface area contributed by atoms with Crippen LogP contribution >= 0.6 is 0 Å². The first kappa shape index (κ1) is 18.9. The molecule has 0 radical (unpaired) electrons. The van der Waals surface area contributed by atoms with Crippen LogP contribution in [0.3, 0.4) is 0 Å². The van der Waals surface area contributed by atoms with Crippen molar-refractivity contribution in [2.45, 2.75) is 11.8 Å². The molecule has 0 bridgehead atoms. The van der Waals surface area contributed by atoms with Crippen LogP contribution in [0.2, 0.25) is 0 Å². The fourth-order valence-electron chi connectivity index (χ4n) is 3.09. The number of sulfone groups is 1. The number of fused-ring (bicyclic) bond motifs is 1. The van der Waals surface area contributed by atoms with Gasteiger partial charge in [-0.2, -0.15) is 5.10 Å². The lowest BCUT2D eigenvalue weighted by Gasteiger charge is -2.11. The number of pyridine rings is 1. The maximum atomic E-state index is 13.0. The van der Waals surface area contributed by atoms with E-state index in [0.29, 0.717) is 11.5 Å². The maximum absolute atomic E-state index is 13.0. The first-order chi connectivity index (χ1) is 13.8. The van der Waals surface area contributed by atoms with Crippen molar-refractivity contribution in [1.29, 1.82) is 0 Å². The second kappa shape index (κ2) is 7.21. The van der Waals surface area contributed by atoms with Gasteiger partial charge in [-0.15, -0.1) is 5.10 Å². The first-order valence-electron chi connectivity index (χ1n) is 8.76. The number of anilines is 2. The van der Waals surface area contributed by atoms with Crippen LogP contribution < -0.4 is 5.32 Å².